The van der Waals surface area contributed by atoms with E-state index in [0.717, 1.165) is 0 Å². The van der Waals surface area contributed by atoms with Gasteiger partial charge in [0, 0.05) is 12.5 Å². The van der Waals surface area contributed by atoms with Crippen molar-refractivity contribution in [2.24, 2.45) is 5.73 Å². The summed E-state index contributed by atoms with van der Waals surface area (Å²) < 4.78 is 0. The molecule has 1 heterocycles. The zero-order chi connectivity index (χ0) is 13.1. The molecular formula is C11H10N4O3. The number of nitro benzene ring substituents is 1. The van der Waals surface area contributed by atoms with Crippen molar-refractivity contribution in [2.75, 3.05) is 0 Å². The summed E-state index contributed by atoms with van der Waals surface area (Å²) >= 11 is 0. The van der Waals surface area contributed by atoms with Gasteiger partial charge in [0.05, 0.1) is 22.0 Å². The minimum atomic E-state index is -0.469. The number of carbonyl (C=O) groups is 1. The standard InChI is InChI=1S/C11H10N4O3/c12-11(16)3-1-2-7-4-9-8(6-13-14-9)10(5-7)15(17)18/h1-2,4-6H,3H2,(H2,12,16)(H,13,14). The van der Waals surface area contributed by atoms with Gasteiger partial charge in [-0.15, -0.1) is 0 Å². The lowest BCUT2D eigenvalue weighted by atomic mass is 10.1. The number of rotatable bonds is 4. The van der Waals surface area contributed by atoms with Gasteiger partial charge in [-0.3, -0.25) is 20.0 Å². The van der Waals surface area contributed by atoms with Gasteiger partial charge >= 0.3 is 0 Å². The van der Waals surface area contributed by atoms with Crippen LogP contribution in [0.25, 0.3) is 17.0 Å². The summed E-state index contributed by atoms with van der Waals surface area (Å²) in [6.07, 6.45) is 4.67. The van der Waals surface area contributed by atoms with E-state index in [2.05, 4.69) is 10.2 Å². The number of nitro groups is 1. The molecule has 18 heavy (non-hydrogen) atoms. The molecule has 3 N–H and O–H groups in total. The fraction of sp³-hybridized carbons (Fsp3) is 0.0909. The molecule has 0 spiro atoms. The Morgan fingerprint density at radius 2 is 2.33 bits per heavy atom. The molecule has 0 saturated heterocycles. The van der Waals surface area contributed by atoms with Crippen LogP contribution in [0.5, 0.6) is 0 Å². The first-order valence-electron chi connectivity index (χ1n) is 5.14. The van der Waals surface area contributed by atoms with E-state index in [0.29, 0.717) is 16.5 Å². The molecule has 7 heteroatoms. The highest BCUT2D eigenvalue weighted by molar-refractivity contribution is 5.89. The molecule has 1 aromatic carbocycles. The minimum absolute atomic E-state index is 0.0278. The topological polar surface area (TPSA) is 115 Å². The van der Waals surface area contributed by atoms with Gasteiger partial charge in [0.1, 0.15) is 0 Å². The number of nitrogens with zero attached hydrogens (tertiary/aromatic N) is 2. The van der Waals surface area contributed by atoms with Crippen LogP contribution in [-0.2, 0) is 4.79 Å². The molecule has 0 unspecified atom stereocenters. The van der Waals surface area contributed by atoms with Crippen LogP contribution in [0.2, 0.25) is 0 Å². The molecule has 0 aliphatic carbocycles. The Morgan fingerprint density at radius 1 is 1.56 bits per heavy atom. The number of nitrogens with two attached hydrogens (primary N) is 1. The van der Waals surface area contributed by atoms with Crippen LogP contribution in [0.15, 0.2) is 24.4 Å². The first-order valence-corrected chi connectivity index (χ1v) is 5.14. The van der Waals surface area contributed by atoms with Crippen molar-refractivity contribution in [1.82, 2.24) is 10.2 Å². The number of aromatic nitrogens is 2. The second-order valence-electron chi connectivity index (χ2n) is 3.70. The number of benzene rings is 1. The molecule has 0 radical (unpaired) electrons. The zero-order valence-corrected chi connectivity index (χ0v) is 9.29. The molecule has 7 nitrogen and oxygen atoms in total. The van der Waals surface area contributed by atoms with Gasteiger partial charge in [-0.25, -0.2) is 0 Å². The number of nitrogens with one attached hydrogen (secondary N) is 1. The van der Waals surface area contributed by atoms with Crippen LogP contribution in [0, 0.1) is 10.1 Å². The molecule has 0 saturated carbocycles. The third kappa shape index (κ3) is 2.34. The molecule has 0 bridgehead atoms. The summed E-state index contributed by atoms with van der Waals surface area (Å²) in [5.74, 6) is -0.455. The van der Waals surface area contributed by atoms with Gasteiger partial charge in [0.15, 0.2) is 0 Å². The third-order valence-corrected chi connectivity index (χ3v) is 2.39. The van der Waals surface area contributed by atoms with Crippen molar-refractivity contribution in [3.05, 3.63) is 40.1 Å². The average Bonchev–Trinajstić information content (AvgIpc) is 2.75. The van der Waals surface area contributed by atoms with Crippen LogP contribution < -0.4 is 5.73 Å². The smallest absolute Gasteiger partial charge is 0.280 e. The van der Waals surface area contributed by atoms with Crippen molar-refractivity contribution >= 4 is 28.6 Å². The molecule has 1 amide bonds. The van der Waals surface area contributed by atoms with E-state index in [4.69, 9.17) is 5.73 Å². The van der Waals surface area contributed by atoms with E-state index in [9.17, 15) is 14.9 Å². The molecule has 0 atom stereocenters. The van der Waals surface area contributed by atoms with E-state index >= 15 is 0 Å². The number of fused-ring (bicyclic) bond motifs is 1. The summed E-state index contributed by atoms with van der Waals surface area (Å²) in [7, 11) is 0. The second kappa shape index (κ2) is 4.66. The number of aromatic amines is 1. The fourth-order valence-corrected chi connectivity index (χ4v) is 1.61. The summed E-state index contributed by atoms with van der Waals surface area (Å²) in [6.45, 7) is 0. The maximum atomic E-state index is 10.9. The van der Waals surface area contributed by atoms with E-state index in [1.54, 1.807) is 18.2 Å². The molecule has 0 fully saturated rings. The number of primary amides is 1. The predicted molar refractivity (Wildman–Crippen MR) is 65.6 cm³/mol. The number of hydrogen-bond acceptors (Lipinski definition) is 4. The lowest BCUT2D eigenvalue weighted by molar-refractivity contribution is -0.383. The van der Waals surface area contributed by atoms with Gasteiger partial charge in [-0.05, 0) is 11.6 Å². The number of non-ortho nitro benzene ring substituents is 1. The summed E-state index contributed by atoms with van der Waals surface area (Å²) in [4.78, 5) is 21.0. The fourth-order valence-electron chi connectivity index (χ4n) is 1.61. The Morgan fingerprint density at radius 3 is 3.00 bits per heavy atom. The van der Waals surface area contributed by atoms with Crippen LogP contribution in [0.3, 0.4) is 0 Å². The third-order valence-electron chi connectivity index (χ3n) is 2.39. The van der Waals surface area contributed by atoms with E-state index < -0.39 is 10.8 Å². The summed E-state index contributed by atoms with van der Waals surface area (Å²) in [6, 6.07) is 3.14. The normalized spacial score (nSPS) is 11.1. The minimum Gasteiger partial charge on any atom is -0.369 e. The highest BCUT2D eigenvalue weighted by Gasteiger charge is 2.14. The molecule has 0 aliphatic rings. The van der Waals surface area contributed by atoms with Crippen molar-refractivity contribution in [3.63, 3.8) is 0 Å². The Bertz CT molecular complexity index is 645. The predicted octanol–water partition coefficient (Wildman–Crippen LogP) is 1.36. The molecule has 92 valence electrons. The van der Waals surface area contributed by atoms with Crippen molar-refractivity contribution in [3.8, 4) is 0 Å². The highest BCUT2D eigenvalue weighted by Crippen LogP contribution is 2.26. The first kappa shape index (κ1) is 11.8. The summed E-state index contributed by atoms with van der Waals surface area (Å²) in [5.41, 5.74) is 6.15. The molecule has 2 aromatic rings. The van der Waals surface area contributed by atoms with Crippen molar-refractivity contribution in [1.29, 1.82) is 0 Å². The van der Waals surface area contributed by atoms with Gasteiger partial charge in [-0.2, -0.15) is 5.10 Å². The molecule has 2 rings (SSSR count). The number of amides is 1. The highest BCUT2D eigenvalue weighted by atomic mass is 16.6. The van der Waals surface area contributed by atoms with E-state index in [1.807, 2.05) is 0 Å². The van der Waals surface area contributed by atoms with Crippen LogP contribution in [-0.4, -0.2) is 21.0 Å². The maximum Gasteiger partial charge on any atom is 0.280 e. The summed E-state index contributed by atoms with van der Waals surface area (Å²) in [5, 5.41) is 17.8. The van der Waals surface area contributed by atoms with Crippen LogP contribution in [0.1, 0.15) is 12.0 Å². The van der Waals surface area contributed by atoms with Gasteiger partial charge < -0.3 is 5.73 Å². The molecular weight excluding hydrogens is 236 g/mol. The zero-order valence-electron chi connectivity index (χ0n) is 9.29. The van der Waals surface area contributed by atoms with Crippen molar-refractivity contribution < 1.29 is 9.72 Å². The number of H-pyrrole nitrogens is 1. The monoisotopic (exact) mass is 246 g/mol. The van der Waals surface area contributed by atoms with Gasteiger partial charge in [0.25, 0.3) is 5.69 Å². The Kier molecular flexibility index (Phi) is 3.05. The van der Waals surface area contributed by atoms with E-state index in [1.165, 1.54) is 12.3 Å². The van der Waals surface area contributed by atoms with Crippen molar-refractivity contribution in [2.45, 2.75) is 6.42 Å². The van der Waals surface area contributed by atoms with Crippen LogP contribution in [0.4, 0.5) is 5.69 Å². The lowest BCUT2D eigenvalue weighted by Crippen LogP contribution is -2.07. The number of carbonyl (C=O) groups excluding carboxylic acids is 1. The number of hydrogen-bond donors (Lipinski definition) is 2. The van der Waals surface area contributed by atoms with E-state index in [-0.39, 0.29) is 12.1 Å². The molecule has 1 aromatic heterocycles. The molecule has 0 aliphatic heterocycles. The second-order valence-corrected chi connectivity index (χ2v) is 3.70. The largest absolute Gasteiger partial charge is 0.369 e. The maximum absolute atomic E-state index is 10.9. The SMILES string of the molecule is NC(=O)CC=Cc1cc([N+](=O)[O-])c2cn[nH]c2c1. The van der Waals surface area contributed by atoms with Gasteiger partial charge in [-0.1, -0.05) is 12.2 Å². The lowest BCUT2D eigenvalue weighted by Gasteiger charge is -1.97. The average molecular weight is 246 g/mol. The Balaban J connectivity index is 2.43. The van der Waals surface area contributed by atoms with Crippen LogP contribution >= 0.6 is 0 Å². The Hall–Kier alpha value is -2.70. The Labute approximate surface area is 101 Å². The quantitative estimate of drug-likeness (QED) is 0.625. The first-order chi connectivity index (χ1) is 8.58. The van der Waals surface area contributed by atoms with Gasteiger partial charge in [0.2, 0.25) is 5.91 Å².